The lowest BCUT2D eigenvalue weighted by Crippen LogP contribution is -1.94. The Hall–Kier alpha value is -0.900. The molecule has 0 atom stereocenters. The van der Waals surface area contributed by atoms with Crippen molar-refractivity contribution in [2.24, 2.45) is 4.99 Å². The van der Waals surface area contributed by atoms with Crippen LogP contribution in [0.5, 0.6) is 0 Å². The number of pyridine rings is 1. The van der Waals surface area contributed by atoms with Crippen molar-refractivity contribution in [2.45, 2.75) is 0 Å². The minimum absolute atomic E-state index is 0.638. The van der Waals surface area contributed by atoms with Crippen LogP contribution in [-0.2, 0) is 0 Å². The molecule has 0 saturated heterocycles. The molecule has 1 heterocycles. The van der Waals surface area contributed by atoms with Gasteiger partial charge in [0, 0.05) is 18.8 Å². The molecule has 0 aliphatic rings. The number of aromatic nitrogens is 1. The Kier molecular flexibility index (Phi) is 2.59. The van der Waals surface area contributed by atoms with Crippen LogP contribution in [0.15, 0.2) is 21.9 Å². The summed E-state index contributed by atoms with van der Waals surface area (Å²) in [7, 11) is 1.70. The maximum absolute atomic E-state index is 5.60. The van der Waals surface area contributed by atoms with Crippen molar-refractivity contribution in [2.75, 3.05) is 12.8 Å². The van der Waals surface area contributed by atoms with Gasteiger partial charge in [-0.15, -0.1) is 0 Å². The van der Waals surface area contributed by atoms with Gasteiger partial charge in [0.15, 0.2) is 0 Å². The fraction of sp³-hybridized carbons (Fsp3) is 0.143. The first kappa shape index (κ1) is 8.20. The maximum atomic E-state index is 5.60. The van der Waals surface area contributed by atoms with Gasteiger partial charge in [-0.1, -0.05) is 0 Å². The summed E-state index contributed by atoms with van der Waals surface area (Å²) < 4.78 is 0.765. The summed E-state index contributed by atoms with van der Waals surface area (Å²) >= 11 is 3.24. The molecule has 0 unspecified atom stereocenters. The summed E-state index contributed by atoms with van der Waals surface area (Å²) in [5.74, 6) is 0. The molecule has 0 aliphatic heterocycles. The first-order chi connectivity index (χ1) is 5.24. The predicted octanol–water partition coefficient (Wildman–Crippen LogP) is 1.47. The van der Waals surface area contributed by atoms with E-state index >= 15 is 0 Å². The summed E-state index contributed by atoms with van der Waals surface area (Å²) in [6, 6.07) is 1.82. The molecule has 0 aliphatic carbocycles. The first-order valence-electron chi connectivity index (χ1n) is 3.07. The van der Waals surface area contributed by atoms with Gasteiger partial charge in [-0.3, -0.25) is 4.99 Å². The van der Waals surface area contributed by atoms with E-state index < -0.39 is 0 Å². The van der Waals surface area contributed by atoms with Crippen LogP contribution in [0, 0.1) is 0 Å². The van der Waals surface area contributed by atoms with Gasteiger partial charge in [0.05, 0.1) is 11.9 Å². The molecule has 0 radical (unpaired) electrons. The van der Waals surface area contributed by atoms with E-state index in [9.17, 15) is 0 Å². The lowest BCUT2D eigenvalue weighted by Gasteiger charge is -1.97. The third-order valence-electron chi connectivity index (χ3n) is 1.20. The SMILES string of the molecule is CN=Cc1cc(Br)ncc1N. The summed E-state index contributed by atoms with van der Waals surface area (Å²) in [5.41, 5.74) is 7.12. The van der Waals surface area contributed by atoms with Gasteiger partial charge in [0.1, 0.15) is 4.60 Å². The van der Waals surface area contributed by atoms with Gasteiger partial charge in [0.25, 0.3) is 0 Å². The number of nitrogens with two attached hydrogens (primary N) is 1. The molecular formula is C7H8BrN3. The van der Waals surface area contributed by atoms with E-state index in [-0.39, 0.29) is 0 Å². The zero-order valence-corrected chi connectivity index (χ0v) is 7.67. The van der Waals surface area contributed by atoms with Gasteiger partial charge < -0.3 is 5.73 Å². The van der Waals surface area contributed by atoms with Gasteiger partial charge >= 0.3 is 0 Å². The van der Waals surface area contributed by atoms with Crippen LogP contribution in [0.4, 0.5) is 5.69 Å². The Morgan fingerprint density at radius 3 is 3.09 bits per heavy atom. The fourth-order valence-electron chi connectivity index (χ4n) is 0.706. The van der Waals surface area contributed by atoms with Gasteiger partial charge in [0.2, 0.25) is 0 Å². The van der Waals surface area contributed by atoms with Gasteiger partial charge in [-0.2, -0.15) is 0 Å². The molecule has 11 heavy (non-hydrogen) atoms. The highest BCUT2D eigenvalue weighted by molar-refractivity contribution is 9.10. The summed E-state index contributed by atoms with van der Waals surface area (Å²) in [6.07, 6.45) is 3.29. The summed E-state index contributed by atoms with van der Waals surface area (Å²) in [4.78, 5) is 7.81. The van der Waals surface area contributed by atoms with E-state index in [2.05, 4.69) is 25.9 Å². The van der Waals surface area contributed by atoms with Crippen molar-refractivity contribution in [3.8, 4) is 0 Å². The third kappa shape index (κ3) is 2.01. The molecule has 0 spiro atoms. The van der Waals surface area contributed by atoms with E-state index in [0.29, 0.717) is 5.69 Å². The number of halogens is 1. The second-order valence-corrected chi connectivity index (χ2v) is 2.84. The molecule has 0 fully saturated rings. The number of nitrogen functional groups attached to an aromatic ring is 1. The molecule has 0 amide bonds. The lowest BCUT2D eigenvalue weighted by molar-refractivity contribution is 1.27. The first-order valence-corrected chi connectivity index (χ1v) is 3.86. The monoisotopic (exact) mass is 213 g/mol. The van der Waals surface area contributed by atoms with Crippen LogP contribution >= 0.6 is 15.9 Å². The Labute approximate surface area is 73.5 Å². The molecule has 4 heteroatoms. The van der Waals surface area contributed by atoms with Gasteiger partial charge in [-0.05, 0) is 22.0 Å². The van der Waals surface area contributed by atoms with Crippen LogP contribution in [0.25, 0.3) is 0 Å². The minimum atomic E-state index is 0.638. The highest BCUT2D eigenvalue weighted by atomic mass is 79.9. The lowest BCUT2D eigenvalue weighted by atomic mass is 10.2. The normalized spacial score (nSPS) is 10.7. The van der Waals surface area contributed by atoms with Crippen molar-refractivity contribution in [3.63, 3.8) is 0 Å². The van der Waals surface area contributed by atoms with Crippen molar-refractivity contribution >= 4 is 27.8 Å². The van der Waals surface area contributed by atoms with E-state index in [1.807, 2.05) is 6.07 Å². The molecule has 2 N–H and O–H groups in total. The Bertz CT molecular complexity index is 283. The van der Waals surface area contributed by atoms with Crippen LogP contribution < -0.4 is 5.73 Å². The average Bonchev–Trinajstić information content (AvgIpc) is 1.98. The maximum Gasteiger partial charge on any atom is 0.106 e. The van der Waals surface area contributed by atoms with Crippen LogP contribution in [-0.4, -0.2) is 18.2 Å². The molecule has 3 nitrogen and oxygen atoms in total. The summed E-state index contributed by atoms with van der Waals surface area (Å²) in [6.45, 7) is 0. The third-order valence-corrected chi connectivity index (χ3v) is 1.64. The predicted molar refractivity (Wildman–Crippen MR) is 49.9 cm³/mol. The summed E-state index contributed by atoms with van der Waals surface area (Å²) in [5, 5.41) is 0. The van der Waals surface area contributed by atoms with Crippen molar-refractivity contribution < 1.29 is 0 Å². The Balaban J connectivity index is 3.12. The second-order valence-electron chi connectivity index (χ2n) is 2.02. The molecule has 1 rings (SSSR count). The van der Waals surface area contributed by atoms with Crippen LogP contribution in [0.2, 0.25) is 0 Å². The number of rotatable bonds is 1. The van der Waals surface area contributed by atoms with E-state index in [0.717, 1.165) is 10.2 Å². The smallest absolute Gasteiger partial charge is 0.106 e. The van der Waals surface area contributed by atoms with E-state index in [1.54, 1.807) is 19.5 Å². The zero-order valence-electron chi connectivity index (χ0n) is 6.08. The number of hydrogen-bond acceptors (Lipinski definition) is 3. The Morgan fingerprint density at radius 2 is 2.45 bits per heavy atom. The Morgan fingerprint density at radius 1 is 1.73 bits per heavy atom. The quantitative estimate of drug-likeness (QED) is 0.568. The molecule has 1 aromatic rings. The average molecular weight is 214 g/mol. The van der Waals surface area contributed by atoms with Crippen molar-refractivity contribution in [1.82, 2.24) is 4.98 Å². The molecule has 0 saturated carbocycles. The molecule has 0 bridgehead atoms. The van der Waals surface area contributed by atoms with Gasteiger partial charge in [-0.25, -0.2) is 4.98 Å². The molecular weight excluding hydrogens is 206 g/mol. The minimum Gasteiger partial charge on any atom is -0.397 e. The highest BCUT2D eigenvalue weighted by Crippen LogP contribution is 2.12. The van der Waals surface area contributed by atoms with Crippen LogP contribution in [0.1, 0.15) is 5.56 Å². The number of anilines is 1. The molecule has 58 valence electrons. The van der Waals surface area contributed by atoms with E-state index in [1.165, 1.54) is 0 Å². The number of hydrogen-bond donors (Lipinski definition) is 1. The number of aliphatic imine (C=N–C) groups is 1. The van der Waals surface area contributed by atoms with Crippen LogP contribution in [0.3, 0.4) is 0 Å². The fourth-order valence-corrected chi connectivity index (χ4v) is 1.05. The molecule has 0 aromatic carbocycles. The highest BCUT2D eigenvalue weighted by Gasteiger charge is 1.96. The second kappa shape index (κ2) is 3.48. The van der Waals surface area contributed by atoms with Crippen molar-refractivity contribution in [1.29, 1.82) is 0 Å². The number of nitrogens with zero attached hydrogens (tertiary/aromatic N) is 2. The standard InChI is InChI=1S/C7H8BrN3/c1-10-3-5-2-7(8)11-4-6(5)9/h2-4H,9H2,1H3. The zero-order chi connectivity index (χ0) is 8.27. The van der Waals surface area contributed by atoms with E-state index in [4.69, 9.17) is 5.73 Å². The molecule has 1 aromatic heterocycles. The topological polar surface area (TPSA) is 51.3 Å². The van der Waals surface area contributed by atoms with Crippen molar-refractivity contribution in [3.05, 3.63) is 22.4 Å². The largest absolute Gasteiger partial charge is 0.397 e.